The summed E-state index contributed by atoms with van der Waals surface area (Å²) in [6.07, 6.45) is 0. The Kier molecular flexibility index (Phi) is 5.21. The van der Waals surface area contributed by atoms with Crippen molar-refractivity contribution in [1.29, 1.82) is 0 Å². The van der Waals surface area contributed by atoms with Crippen LogP contribution in [0.1, 0.15) is 25.5 Å². The van der Waals surface area contributed by atoms with Crippen LogP contribution in [-0.4, -0.2) is 13.6 Å². The van der Waals surface area contributed by atoms with Crippen LogP contribution in [0.2, 0.25) is 0 Å². The fourth-order valence-corrected chi connectivity index (χ4v) is 2.89. The number of halogens is 1. The molecule has 0 saturated heterocycles. The van der Waals surface area contributed by atoms with E-state index in [1.165, 1.54) is 16.9 Å². The summed E-state index contributed by atoms with van der Waals surface area (Å²) >= 11 is 3.71. The van der Waals surface area contributed by atoms with Crippen LogP contribution in [0.15, 0.2) is 53.0 Å². The van der Waals surface area contributed by atoms with E-state index >= 15 is 0 Å². The first-order valence-corrected chi connectivity index (χ1v) is 7.76. The van der Waals surface area contributed by atoms with Gasteiger partial charge in [-0.15, -0.1) is 0 Å². The Hall–Kier alpha value is -1.32. The predicted octanol–water partition coefficient (Wildman–Crippen LogP) is 4.89. The molecule has 106 valence electrons. The Bertz CT molecular complexity index is 554. The van der Waals surface area contributed by atoms with E-state index in [0.717, 1.165) is 11.0 Å². The summed E-state index contributed by atoms with van der Waals surface area (Å²) in [6, 6.07) is 17.4. The number of nitrogens with zero attached hydrogens (tertiary/aromatic N) is 1. The van der Waals surface area contributed by atoms with Gasteiger partial charge in [-0.05, 0) is 66.7 Å². The minimum absolute atomic E-state index is 0.354. The van der Waals surface area contributed by atoms with Crippen LogP contribution >= 0.6 is 15.9 Å². The van der Waals surface area contributed by atoms with Gasteiger partial charge >= 0.3 is 0 Å². The average molecular weight is 333 g/mol. The Morgan fingerprint density at radius 1 is 1.15 bits per heavy atom. The lowest BCUT2D eigenvalue weighted by atomic mass is 10.1. The maximum atomic E-state index is 3.71. The molecule has 0 aliphatic carbocycles. The highest BCUT2D eigenvalue weighted by Gasteiger charge is 2.12. The molecule has 0 aliphatic rings. The van der Waals surface area contributed by atoms with Gasteiger partial charge in [0.1, 0.15) is 0 Å². The highest BCUT2D eigenvalue weighted by Crippen LogP contribution is 2.33. The molecule has 0 amide bonds. The number of nitrogens with one attached hydrogen (secondary N) is 1. The highest BCUT2D eigenvalue weighted by molar-refractivity contribution is 9.10. The molecule has 0 bridgehead atoms. The van der Waals surface area contributed by atoms with Crippen molar-refractivity contribution >= 4 is 27.3 Å². The minimum atomic E-state index is 0.354. The Labute approximate surface area is 129 Å². The van der Waals surface area contributed by atoms with Crippen molar-refractivity contribution in [2.45, 2.75) is 19.9 Å². The second-order valence-corrected chi connectivity index (χ2v) is 5.66. The van der Waals surface area contributed by atoms with Gasteiger partial charge in [-0.1, -0.05) is 24.3 Å². The van der Waals surface area contributed by atoms with Gasteiger partial charge in [-0.2, -0.15) is 0 Å². The molecule has 0 radical (unpaired) electrons. The molecular formula is C17H21BrN2. The maximum Gasteiger partial charge on any atom is 0.0555 e. The van der Waals surface area contributed by atoms with E-state index in [9.17, 15) is 0 Å². The third-order valence-electron chi connectivity index (χ3n) is 3.58. The number of rotatable bonds is 5. The van der Waals surface area contributed by atoms with Crippen LogP contribution in [0.3, 0.4) is 0 Å². The minimum Gasteiger partial charge on any atom is -0.341 e. The summed E-state index contributed by atoms with van der Waals surface area (Å²) in [5.41, 5.74) is 3.70. The van der Waals surface area contributed by atoms with Crippen molar-refractivity contribution < 1.29 is 0 Å². The second-order valence-electron chi connectivity index (χ2n) is 4.80. The van der Waals surface area contributed by atoms with Gasteiger partial charge in [0.2, 0.25) is 0 Å². The largest absolute Gasteiger partial charge is 0.341 e. The standard InChI is InChI=1S/C17H21BrN2/c1-4-20(15-8-6-5-7-9-15)17-11-10-14(12-16(17)18)13(2)19-3/h5-13,19H,4H2,1-3H3. The number of hydrogen-bond donors (Lipinski definition) is 1. The van der Waals surface area contributed by atoms with E-state index in [2.05, 4.69) is 82.5 Å². The smallest absolute Gasteiger partial charge is 0.0555 e. The molecule has 2 aromatic carbocycles. The third kappa shape index (κ3) is 3.22. The van der Waals surface area contributed by atoms with Crippen molar-refractivity contribution in [3.8, 4) is 0 Å². The first-order chi connectivity index (χ1) is 9.67. The third-order valence-corrected chi connectivity index (χ3v) is 4.21. The molecular weight excluding hydrogens is 312 g/mol. The summed E-state index contributed by atoms with van der Waals surface area (Å²) < 4.78 is 1.13. The molecule has 2 rings (SSSR count). The summed E-state index contributed by atoms with van der Waals surface area (Å²) in [7, 11) is 1.98. The highest BCUT2D eigenvalue weighted by atomic mass is 79.9. The van der Waals surface area contributed by atoms with Crippen molar-refractivity contribution in [1.82, 2.24) is 5.32 Å². The summed E-state index contributed by atoms with van der Waals surface area (Å²) in [4.78, 5) is 2.30. The van der Waals surface area contributed by atoms with Crippen LogP contribution in [0.25, 0.3) is 0 Å². The Morgan fingerprint density at radius 2 is 1.85 bits per heavy atom. The monoisotopic (exact) mass is 332 g/mol. The second kappa shape index (κ2) is 6.91. The van der Waals surface area contributed by atoms with E-state index < -0.39 is 0 Å². The molecule has 3 heteroatoms. The summed E-state index contributed by atoms with van der Waals surface area (Å²) in [6.45, 7) is 5.27. The fraction of sp³-hybridized carbons (Fsp3) is 0.294. The molecule has 2 aromatic rings. The van der Waals surface area contributed by atoms with Crippen molar-refractivity contribution in [2.75, 3.05) is 18.5 Å². The zero-order valence-electron chi connectivity index (χ0n) is 12.2. The lowest BCUT2D eigenvalue weighted by Gasteiger charge is -2.25. The Balaban J connectivity index is 2.36. The van der Waals surface area contributed by atoms with Crippen molar-refractivity contribution in [3.63, 3.8) is 0 Å². The molecule has 0 saturated carbocycles. The van der Waals surface area contributed by atoms with Gasteiger partial charge in [0.15, 0.2) is 0 Å². The molecule has 1 N–H and O–H groups in total. The Morgan fingerprint density at radius 3 is 2.40 bits per heavy atom. The molecule has 0 aliphatic heterocycles. The molecule has 0 heterocycles. The van der Waals surface area contributed by atoms with Gasteiger partial charge in [-0.25, -0.2) is 0 Å². The number of hydrogen-bond acceptors (Lipinski definition) is 2. The van der Waals surface area contributed by atoms with Crippen LogP contribution < -0.4 is 10.2 Å². The summed E-state index contributed by atoms with van der Waals surface area (Å²) in [5.74, 6) is 0. The SMILES string of the molecule is CCN(c1ccccc1)c1ccc(C(C)NC)cc1Br. The first kappa shape index (κ1) is 15.1. The molecule has 20 heavy (non-hydrogen) atoms. The summed E-state index contributed by atoms with van der Waals surface area (Å²) in [5, 5.41) is 3.27. The number of benzene rings is 2. The molecule has 0 aromatic heterocycles. The normalized spacial score (nSPS) is 12.2. The van der Waals surface area contributed by atoms with Gasteiger partial charge < -0.3 is 10.2 Å². The fourth-order valence-electron chi connectivity index (χ4n) is 2.28. The quantitative estimate of drug-likeness (QED) is 0.838. The topological polar surface area (TPSA) is 15.3 Å². The lowest BCUT2D eigenvalue weighted by molar-refractivity contribution is 0.652. The zero-order valence-corrected chi connectivity index (χ0v) is 13.8. The molecule has 0 fully saturated rings. The molecule has 2 nitrogen and oxygen atoms in total. The van der Waals surface area contributed by atoms with E-state index in [0.29, 0.717) is 6.04 Å². The molecule has 0 spiro atoms. The average Bonchev–Trinajstić information content (AvgIpc) is 2.49. The zero-order chi connectivity index (χ0) is 14.5. The van der Waals surface area contributed by atoms with Crippen LogP contribution in [0, 0.1) is 0 Å². The van der Waals surface area contributed by atoms with Crippen LogP contribution in [-0.2, 0) is 0 Å². The van der Waals surface area contributed by atoms with Crippen molar-refractivity contribution in [2.24, 2.45) is 0 Å². The van der Waals surface area contributed by atoms with E-state index in [1.807, 2.05) is 13.1 Å². The number of anilines is 2. The van der Waals surface area contributed by atoms with Crippen LogP contribution in [0.5, 0.6) is 0 Å². The number of para-hydroxylation sites is 1. The molecule has 1 unspecified atom stereocenters. The molecule has 1 atom stereocenters. The maximum absolute atomic E-state index is 3.71. The van der Waals surface area contributed by atoms with Gasteiger partial charge in [0.25, 0.3) is 0 Å². The van der Waals surface area contributed by atoms with Gasteiger partial charge in [-0.3, -0.25) is 0 Å². The van der Waals surface area contributed by atoms with E-state index in [4.69, 9.17) is 0 Å². The van der Waals surface area contributed by atoms with Crippen LogP contribution in [0.4, 0.5) is 11.4 Å². The van der Waals surface area contributed by atoms with E-state index in [1.54, 1.807) is 0 Å². The van der Waals surface area contributed by atoms with Crippen molar-refractivity contribution in [3.05, 3.63) is 58.6 Å². The predicted molar refractivity (Wildman–Crippen MR) is 90.7 cm³/mol. The lowest BCUT2D eigenvalue weighted by Crippen LogP contribution is -2.17. The van der Waals surface area contributed by atoms with Gasteiger partial charge in [0, 0.05) is 22.7 Å². The van der Waals surface area contributed by atoms with E-state index in [-0.39, 0.29) is 0 Å². The first-order valence-electron chi connectivity index (χ1n) is 6.96. The van der Waals surface area contributed by atoms with Gasteiger partial charge in [0.05, 0.1) is 5.69 Å².